The number of halogens is 2. The molecule has 1 aromatic rings. The summed E-state index contributed by atoms with van der Waals surface area (Å²) in [6, 6.07) is 3.06. The van der Waals surface area contributed by atoms with E-state index in [0.29, 0.717) is 11.4 Å². The van der Waals surface area contributed by atoms with Crippen LogP contribution in [0.15, 0.2) is 12.1 Å². The highest BCUT2D eigenvalue weighted by molar-refractivity contribution is 6.31. The number of benzene rings is 1. The third-order valence-corrected chi connectivity index (χ3v) is 3.51. The highest BCUT2D eigenvalue weighted by Gasteiger charge is 2.15. The lowest BCUT2D eigenvalue weighted by Crippen LogP contribution is -2.33. The molecule has 2 rings (SSSR count). The van der Waals surface area contributed by atoms with Gasteiger partial charge in [-0.25, -0.2) is 4.39 Å². The van der Waals surface area contributed by atoms with Gasteiger partial charge < -0.3 is 16.0 Å². The van der Waals surface area contributed by atoms with E-state index in [0.717, 1.165) is 19.6 Å². The topological polar surface area (TPSA) is 41.3 Å². The van der Waals surface area contributed by atoms with Gasteiger partial charge in [-0.05, 0) is 38.9 Å². The fourth-order valence-corrected chi connectivity index (χ4v) is 2.51. The summed E-state index contributed by atoms with van der Waals surface area (Å²) in [6.45, 7) is 5.38. The number of hydrogen-bond acceptors (Lipinski definition) is 3. The van der Waals surface area contributed by atoms with Crippen LogP contribution >= 0.6 is 11.6 Å². The maximum Gasteiger partial charge on any atom is 0.143 e. The minimum atomic E-state index is -0.480. The molecule has 3 nitrogen and oxygen atoms in total. The lowest BCUT2D eigenvalue weighted by Gasteiger charge is -2.22. The Morgan fingerprint density at radius 2 is 2.11 bits per heavy atom. The minimum absolute atomic E-state index is 0.0973. The quantitative estimate of drug-likeness (QED) is 0.828. The molecule has 0 aromatic heterocycles. The van der Waals surface area contributed by atoms with Crippen LogP contribution < -0.4 is 11.1 Å². The van der Waals surface area contributed by atoms with Gasteiger partial charge in [0.25, 0.3) is 0 Å². The lowest BCUT2D eigenvalue weighted by atomic mass is 10.2. The second-order valence-corrected chi connectivity index (χ2v) is 5.31. The molecule has 5 heteroatoms. The molecule has 1 atom stereocenters. The van der Waals surface area contributed by atoms with Gasteiger partial charge in [-0.2, -0.15) is 0 Å². The third-order valence-electron chi connectivity index (χ3n) is 3.23. The van der Waals surface area contributed by atoms with Crippen LogP contribution in [0.1, 0.15) is 19.8 Å². The number of nitrogens with zero attached hydrogens (tertiary/aromatic N) is 1. The van der Waals surface area contributed by atoms with E-state index in [2.05, 4.69) is 17.1 Å². The minimum Gasteiger partial charge on any atom is -0.397 e. The fraction of sp³-hybridized carbons (Fsp3) is 0.538. The van der Waals surface area contributed by atoms with Crippen molar-refractivity contribution < 1.29 is 4.39 Å². The average molecular weight is 272 g/mol. The van der Waals surface area contributed by atoms with Crippen LogP contribution in [-0.2, 0) is 0 Å². The number of likely N-dealkylation sites (tertiary alicyclic amines) is 1. The second kappa shape index (κ2) is 5.76. The largest absolute Gasteiger partial charge is 0.397 e. The molecule has 0 saturated carbocycles. The molecule has 18 heavy (non-hydrogen) atoms. The number of rotatable bonds is 4. The first-order chi connectivity index (χ1) is 8.56. The molecule has 1 aromatic carbocycles. The Morgan fingerprint density at radius 3 is 2.78 bits per heavy atom. The highest BCUT2D eigenvalue weighted by atomic mass is 35.5. The molecule has 1 saturated heterocycles. The van der Waals surface area contributed by atoms with Crippen molar-refractivity contribution in [3.8, 4) is 0 Å². The van der Waals surface area contributed by atoms with Gasteiger partial charge >= 0.3 is 0 Å². The summed E-state index contributed by atoms with van der Waals surface area (Å²) in [6.07, 6.45) is 2.55. The Morgan fingerprint density at radius 1 is 1.44 bits per heavy atom. The van der Waals surface area contributed by atoms with Crippen LogP contribution in [0.25, 0.3) is 0 Å². The zero-order chi connectivity index (χ0) is 13.1. The molecule has 1 unspecified atom stereocenters. The predicted octanol–water partition coefficient (Wildman–Crippen LogP) is 2.96. The molecule has 1 aliphatic rings. The van der Waals surface area contributed by atoms with Crippen molar-refractivity contribution in [3.05, 3.63) is 23.0 Å². The van der Waals surface area contributed by atoms with Crippen molar-refractivity contribution in [1.82, 2.24) is 4.90 Å². The summed E-state index contributed by atoms with van der Waals surface area (Å²) in [7, 11) is 0. The van der Waals surface area contributed by atoms with Crippen LogP contribution in [0.4, 0.5) is 15.8 Å². The number of nitrogens with one attached hydrogen (secondary N) is 1. The van der Waals surface area contributed by atoms with E-state index in [1.54, 1.807) is 6.07 Å². The molecule has 0 bridgehead atoms. The van der Waals surface area contributed by atoms with Gasteiger partial charge in [0.2, 0.25) is 0 Å². The Labute approximate surface area is 112 Å². The fourth-order valence-electron chi connectivity index (χ4n) is 2.35. The van der Waals surface area contributed by atoms with Gasteiger partial charge in [0.1, 0.15) is 5.82 Å². The number of hydrogen-bond donors (Lipinski definition) is 2. The summed E-state index contributed by atoms with van der Waals surface area (Å²) >= 11 is 5.76. The van der Waals surface area contributed by atoms with Crippen LogP contribution in [0.5, 0.6) is 0 Å². The SMILES string of the molecule is CC(CN1CCCC1)Nc1cc(Cl)c(F)cc1N. The van der Waals surface area contributed by atoms with E-state index < -0.39 is 5.82 Å². The van der Waals surface area contributed by atoms with Crippen molar-refractivity contribution in [3.63, 3.8) is 0 Å². The maximum atomic E-state index is 13.2. The lowest BCUT2D eigenvalue weighted by molar-refractivity contribution is 0.328. The van der Waals surface area contributed by atoms with E-state index in [4.69, 9.17) is 17.3 Å². The third kappa shape index (κ3) is 3.27. The molecule has 3 N–H and O–H groups in total. The standard InChI is InChI=1S/C13H19ClFN3/c1-9(8-18-4-2-3-5-18)17-13-6-10(14)11(15)7-12(13)16/h6-7,9,17H,2-5,8,16H2,1H3. The molecule has 1 fully saturated rings. The Bertz CT molecular complexity index is 419. The van der Waals surface area contributed by atoms with Gasteiger partial charge in [0.05, 0.1) is 16.4 Å². The second-order valence-electron chi connectivity index (χ2n) is 4.91. The van der Waals surface area contributed by atoms with Crippen LogP contribution in [0.3, 0.4) is 0 Å². The summed E-state index contributed by atoms with van der Waals surface area (Å²) in [5.41, 5.74) is 6.87. The first-order valence-electron chi connectivity index (χ1n) is 6.29. The molecule has 0 aliphatic carbocycles. The summed E-state index contributed by atoms with van der Waals surface area (Å²) in [5, 5.41) is 3.38. The van der Waals surface area contributed by atoms with Gasteiger partial charge in [-0.3, -0.25) is 0 Å². The molecule has 0 spiro atoms. The molecular weight excluding hydrogens is 253 g/mol. The normalized spacial score (nSPS) is 17.9. The summed E-state index contributed by atoms with van der Waals surface area (Å²) < 4.78 is 13.2. The zero-order valence-corrected chi connectivity index (χ0v) is 11.3. The monoisotopic (exact) mass is 271 g/mol. The molecule has 0 radical (unpaired) electrons. The number of nitrogen functional groups attached to an aromatic ring is 1. The van der Waals surface area contributed by atoms with Crippen molar-refractivity contribution in [2.24, 2.45) is 0 Å². The van der Waals surface area contributed by atoms with E-state index in [1.807, 2.05) is 0 Å². The Balaban J connectivity index is 1.97. The Hall–Kier alpha value is -1.00. The Kier molecular flexibility index (Phi) is 4.30. The smallest absolute Gasteiger partial charge is 0.143 e. The van der Waals surface area contributed by atoms with Gasteiger partial charge in [0, 0.05) is 18.7 Å². The van der Waals surface area contributed by atoms with Crippen LogP contribution in [-0.4, -0.2) is 30.6 Å². The van der Waals surface area contributed by atoms with Crippen LogP contribution in [0, 0.1) is 5.82 Å². The summed E-state index contributed by atoms with van der Waals surface area (Å²) in [5.74, 6) is -0.480. The van der Waals surface area contributed by atoms with Gasteiger partial charge in [-0.1, -0.05) is 11.6 Å². The number of nitrogens with two attached hydrogens (primary N) is 1. The van der Waals surface area contributed by atoms with Gasteiger partial charge in [0.15, 0.2) is 0 Å². The zero-order valence-electron chi connectivity index (χ0n) is 10.5. The highest BCUT2D eigenvalue weighted by Crippen LogP contribution is 2.26. The van der Waals surface area contributed by atoms with E-state index in [9.17, 15) is 4.39 Å². The van der Waals surface area contributed by atoms with Crippen molar-refractivity contribution in [2.45, 2.75) is 25.8 Å². The van der Waals surface area contributed by atoms with Crippen molar-refractivity contribution >= 4 is 23.0 Å². The van der Waals surface area contributed by atoms with Crippen molar-refractivity contribution in [1.29, 1.82) is 0 Å². The average Bonchev–Trinajstić information content (AvgIpc) is 2.78. The van der Waals surface area contributed by atoms with Crippen molar-refractivity contribution in [2.75, 3.05) is 30.7 Å². The van der Waals surface area contributed by atoms with Gasteiger partial charge in [-0.15, -0.1) is 0 Å². The first kappa shape index (κ1) is 13.4. The molecule has 1 heterocycles. The van der Waals surface area contributed by atoms with Crippen LogP contribution in [0.2, 0.25) is 5.02 Å². The number of anilines is 2. The molecule has 100 valence electrons. The van der Waals surface area contributed by atoms with E-state index >= 15 is 0 Å². The summed E-state index contributed by atoms with van der Waals surface area (Å²) in [4.78, 5) is 2.42. The predicted molar refractivity (Wildman–Crippen MR) is 74.6 cm³/mol. The van der Waals surface area contributed by atoms with E-state index in [-0.39, 0.29) is 11.1 Å². The molecule has 0 amide bonds. The molecule has 1 aliphatic heterocycles. The molecular formula is C13H19ClFN3. The first-order valence-corrected chi connectivity index (χ1v) is 6.67. The van der Waals surface area contributed by atoms with E-state index in [1.165, 1.54) is 18.9 Å². The maximum absolute atomic E-state index is 13.2.